The molecule has 25 heavy (non-hydrogen) atoms. The Morgan fingerprint density at radius 1 is 0.600 bits per heavy atom. The lowest BCUT2D eigenvalue weighted by atomic mass is 10.1. The lowest BCUT2D eigenvalue weighted by molar-refractivity contribution is 0.0907. The zero-order chi connectivity index (χ0) is 19.0. The third kappa shape index (κ3) is 14.9. The second-order valence-electron chi connectivity index (χ2n) is 8.09. The Hall–Kier alpha value is 0.137. The van der Waals surface area contributed by atoms with Crippen LogP contribution in [0, 0.1) is 0 Å². The van der Waals surface area contributed by atoms with E-state index < -0.39 is 8.56 Å². The molecule has 0 aliphatic rings. The molecule has 0 saturated heterocycles. The van der Waals surface area contributed by atoms with Crippen molar-refractivity contribution in [1.82, 2.24) is 0 Å². The number of rotatable bonds is 18. The van der Waals surface area contributed by atoms with Crippen LogP contribution >= 0.6 is 0 Å². The highest BCUT2D eigenvalue weighted by molar-refractivity contribution is 6.66. The molecule has 2 nitrogen and oxygen atoms in total. The molecule has 0 aromatic heterocycles. The van der Waals surface area contributed by atoms with Gasteiger partial charge in [-0.1, -0.05) is 91.4 Å². The van der Waals surface area contributed by atoms with Gasteiger partial charge in [-0.15, -0.1) is 0 Å². The van der Waals surface area contributed by atoms with Crippen LogP contribution in [0.2, 0.25) is 12.6 Å². The summed E-state index contributed by atoms with van der Waals surface area (Å²) in [5.74, 6) is 0. The highest BCUT2D eigenvalue weighted by Crippen LogP contribution is 2.24. The van der Waals surface area contributed by atoms with Crippen molar-refractivity contribution in [2.45, 2.75) is 143 Å². The molecule has 0 bridgehead atoms. The molecule has 0 fully saturated rings. The molecule has 0 N–H and O–H groups in total. The predicted octanol–water partition coefficient (Wildman–Crippen LogP) is 8.00. The van der Waals surface area contributed by atoms with Crippen molar-refractivity contribution in [2.75, 3.05) is 0 Å². The molecule has 0 radical (unpaired) electrons. The largest absolute Gasteiger partial charge is 0.392 e. The summed E-state index contributed by atoms with van der Waals surface area (Å²) in [6.45, 7) is 13.3. The van der Waals surface area contributed by atoms with Gasteiger partial charge < -0.3 is 8.85 Å². The van der Waals surface area contributed by atoms with Gasteiger partial charge in [-0.05, 0) is 39.3 Å². The van der Waals surface area contributed by atoms with E-state index in [0.29, 0.717) is 12.2 Å². The summed E-state index contributed by atoms with van der Waals surface area (Å²) in [6, 6.07) is 1.15. The lowest BCUT2D eigenvalue weighted by Crippen LogP contribution is -2.43. The minimum atomic E-state index is -2.01. The Balaban J connectivity index is 3.83. The maximum atomic E-state index is 6.37. The Bertz CT molecular complexity index is 271. The van der Waals surface area contributed by atoms with Crippen molar-refractivity contribution in [2.24, 2.45) is 0 Å². The van der Waals surface area contributed by atoms with E-state index in [1.165, 1.54) is 70.6 Å². The minimum absolute atomic E-state index is 0.327. The van der Waals surface area contributed by atoms with E-state index in [0.717, 1.165) is 18.9 Å². The zero-order valence-electron chi connectivity index (χ0n) is 18.4. The first-order valence-electron chi connectivity index (χ1n) is 11.3. The molecular formula is C22H48O2Si. The first-order valence-corrected chi connectivity index (χ1v) is 13.8. The summed E-state index contributed by atoms with van der Waals surface area (Å²) in [5, 5.41) is 0. The van der Waals surface area contributed by atoms with Gasteiger partial charge in [0.2, 0.25) is 0 Å². The maximum Gasteiger partial charge on any atom is 0.335 e. The first-order chi connectivity index (χ1) is 12.0. The molecule has 0 aliphatic carbocycles. The van der Waals surface area contributed by atoms with Gasteiger partial charge in [-0.25, -0.2) is 0 Å². The van der Waals surface area contributed by atoms with Gasteiger partial charge in [0, 0.05) is 12.2 Å². The van der Waals surface area contributed by atoms with Gasteiger partial charge in [-0.3, -0.25) is 0 Å². The van der Waals surface area contributed by atoms with Crippen LogP contribution in [0.25, 0.3) is 0 Å². The molecule has 0 aromatic carbocycles. The predicted molar refractivity (Wildman–Crippen MR) is 115 cm³/mol. The highest BCUT2D eigenvalue weighted by Gasteiger charge is 2.34. The van der Waals surface area contributed by atoms with Crippen LogP contribution in [0.5, 0.6) is 0 Å². The second-order valence-corrected chi connectivity index (χ2v) is 11.3. The zero-order valence-corrected chi connectivity index (χ0v) is 19.4. The standard InChI is InChI=1S/C22H48O2Si/c1-7-10-11-12-13-14-15-16-17-18-19-20-25(6,23-21(4)8-2)24-22(5)9-3/h21-22H,7-20H2,1-6H3. The second kappa shape index (κ2) is 16.3. The normalized spacial score (nSPS) is 16.6. The molecule has 0 rings (SSSR count). The van der Waals surface area contributed by atoms with Crippen molar-refractivity contribution >= 4 is 8.56 Å². The Labute approximate surface area is 160 Å². The quantitative estimate of drug-likeness (QED) is 0.179. The van der Waals surface area contributed by atoms with Crippen LogP contribution in [0.1, 0.15) is 118 Å². The number of hydrogen-bond acceptors (Lipinski definition) is 2. The minimum Gasteiger partial charge on any atom is -0.392 e. The SMILES string of the molecule is CCCCCCCCCCCCC[Si](C)(OC(C)CC)OC(C)CC. The molecule has 3 heteroatoms. The van der Waals surface area contributed by atoms with E-state index in [4.69, 9.17) is 8.85 Å². The van der Waals surface area contributed by atoms with Gasteiger partial charge in [0.25, 0.3) is 0 Å². The molecule has 0 heterocycles. The molecule has 0 saturated carbocycles. The maximum absolute atomic E-state index is 6.37. The van der Waals surface area contributed by atoms with Crippen molar-refractivity contribution in [1.29, 1.82) is 0 Å². The van der Waals surface area contributed by atoms with Gasteiger partial charge in [0.05, 0.1) is 0 Å². The van der Waals surface area contributed by atoms with E-state index >= 15 is 0 Å². The average molecular weight is 373 g/mol. The van der Waals surface area contributed by atoms with Crippen molar-refractivity contribution in [3.63, 3.8) is 0 Å². The van der Waals surface area contributed by atoms with E-state index in [-0.39, 0.29) is 0 Å². The Morgan fingerprint density at radius 2 is 0.960 bits per heavy atom. The van der Waals surface area contributed by atoms with Gasteiger partial charge in [0.1, 0.15) is 0 Å². The van der Waals surface area contributed by atoms with Crippen LogP contribution in [0.3, 0.4) is 0 Å². The van der Waals surface area contributed by atoms with Crippen LogP contribution in [-0.2, 0) is 8.85 Å². The molecule has 2 atom stereocenters. The first kappa shape index (κ1) is 25.1. The Kier molecular flexibility index (Phi) is 16.4. The average Bonchev–Trinajstić information content (AvgIpc) is 2.59. The fourth-order valence-corrected chi connectivity index (χ4v) is 6.49. The third-order valence-electron chi connectivity index (χ3n) is 5.29. The van der Waals surface area contributed by atoms with Crippen LogP contribution < -0.4 is 0 Å². The molecule has 2 unspecified atom stereocenters. The van der Waals surface area contributed by atoms with E-state index in [1.807, 2.05) is 0 Å². The molecule has 0 aromatic rings. The summed E-state index contributed by atoms with van der Waals surface area (Å²) in [4.78, 5) is 0. The molecular weight excluding hydrogens is 324 g/mol. The summed E-state index contributed by atoms with van der Waals surface area (Å²) in [5.41, 5.74) is 0. The van der Waals surface area contributed by atoms with Gasteiger partial charge in [-0.2, -0.15) is 0 Å². The highest BCUT2D eigenvalue weighted by atomic mass is 28.4. The molecule has 0 aliphatic heterocycles. The number of unbranched alkanes of at least 4 members (excludes halogenated alkanes) is 10. The molecule has 0 spiro atoms. The third-order valence-corrected chi connectivity index (χ3v) is 8.35. The number of hydrogen-bond donors (Lipinski definition) is 0. The van der Waals surface area contributed by atoms with E-state index in [2.05, 4.69) is 41.2 Å². The molecule has 0 amide bonds. The summed E-state index contributed by atoms with van der Waals surface area (Å²) in [7, 11) is -2.01. The fourth-order valence-electron chi connectivity index (χ4n) is 3.27. The van der Waals surface area contributed by atoms with Gasteiger partial charge >= 0.3 is 8.56 Å². The van der Waals surface area contributed by atoms with Crippen molar-refractivity contribution < 1.29 is 8.85 Å². The molecule has 152 valence electrons. The van der Waals surface area contributed by atoms with E-state index in [1.54, 1.807) is 0 Å². The smallest absolute Gasteiger partial charge is 0.335 e. The lowest BCUT2D eigenvalue weighted by Gasteiger charge is -2.32. The topological polar surface area (TPSA) is 18.5 Å². The van der Waals surface area contributed by atoms with Crippen LogP contribution in [0.4, 0.5) is 0 Å². The van der Waals surface area contributed by atoms with Crippen molar-refractivity contribution in [3.8, 4) is 0 Å². The summed E-state index contributed by atoms with van der Waals surface area (Å²) in [6.07, 6.45) is 18.1. The van der Waals surface area contributed by atoms with E-state index in [9.17, 15) is 0 Å². The monoisotopic (exact) mass is 372 g/mol. The summed E-state index contributed by atoms with van der Waals surface area (Å²) < 4.78 is 12.7. The van der Waals surface area contributed by atoms with Crippen molar-refractivity contribution in [3.05, 3.63) is 0 Å². The summed E-state index contributed by atoms with van der Waals surface area (Å²) >= 11 is 0. The fraction of sp³-hybridized carbons (Fsp3) is 1.00. The Morgan fingerprint density at radius 3 is 1.32 bits per heavy atom. The van der Waals surface area contributed by atoms with Gasteiger partial charge in [0.15, 0.2) is 0 Å². The van der Waals surface area contributed by atoms with Crippen LogP contribution in [-0.4, -0.2) is 20.8 Å². The van der Waals surface area contributed by atoms with Crippen LogP contribution in [0.15, 0.2) is 0 Å².